The number of hydrogen-bond donors (Lipinski definition) is 3. The lowest BCUT2D eigenvalue weighted by Crippen LogP contribution is -2.38. The van der Waals surface area contributed by atoms with E-state index in [0.717, 1.165) is 15.4 Å². The molecule has 2 aromatic rings. The van der Waals surface area contributed by atoms with E-state index in [0.29, 0.717) is 5.56 Å². The van der Waals surface area contributed by atoms with Crippen molar-refractivity contribution in [1.29, 1.82) is 0 Å². The van der Waals surface area contributed by atoms with Crippen LogP contribution in [0.4, 0.5) is 4.79 Å². The highest BCUT2D eigenvalue weighted by Crippen LogP contribution is 2.27. The third-order valence-electron chi connectivity index (χ3n) is 2.89. The number of carboxylic acid groups (broad SMARTS) is 1. The molecule has 1 unspecified atom stereocenters. The van der Waals surface area contributed by atoms with E-state index in [1.54, 1.807) is 33.0 Å². The lowest BCUT2D eigenvalue weighted by atomic mass is 10.1. The predicted octanol–water partition coefficient (Wildman–Crippen LogP) is 3.58. The Hall–Kier alpha value is -2.02. The normalized spacial score (nSPS) is 12.9. The number of ether oxygens (including phenoxy) is 1. The van der Waals surface area contributed by atoms with Crippen LogP contribution in [0.2, 0.25) is 0 Å². The highest BCUT2D eigenvalue weighted by molar-refractivity contribution is 9.10. The second-order valence-corrected chi connectivity index (χ2v) is 6.77. The van der Waals surface area contributed by atoms with Crippen LogP contribution in [0.25, 0.3) is 10.9 Å². The number of alkyl carbamates (subject to hydrolysis) is 1. The minimum Gasteiger partial charge on any atom is -0.479 e. The maximum Gasteiger partial charge on any atom is 0.408 e. The standard InChI is InChI=1S/C15H17BrN2O4/c1-15(2,3)22-14(21)18-12(13(19)20)10-7-17-11-6-8(16)4-5-9(10)11/h4-7,12,17H,1-3H3,(H,18,21)(H,19,20). The summed E-state index contributed by atoms with van der Waals surface area (Å²) >= 11 is 3.35. The van der Waals surface area contributed by atoms with E-state index in [9.17, 15) is 14.7 Å². The molecule has 0 aliphatic carbocycles. The Labute approximate surface area is 136 Å². The molecule has 1 aromatic carbocycles. The van der Waals surface area contributed by atoms with Gasteiger partial charge in [-0.15, -0.1) is 0 Å². The van der Waals surface area contributed by atoms with Crippen molar-refractivity contribution in [2.75, 3.05) is 0 Å². The first-order chi connectivity index (χ1) is 10.2. The summed E-state index contributed by atoms with van der Waals surface area (Å²) in [4.78, 5) is 26.4. The molecular formula is C15H17BrN2O4. The van der Waals surface area contributed by atoms with Crippen molar-refractivity contribution in [3.63, 3.8) is 0 Å². The summed E-state index contributed by atoms with van der Waals surface area (Å²) in [7, 11) is 0. The molecule has 0 aliphatic rings. The lowest BCUT2D eigenvalue weighted by Gasteiger charge is -2.21. The van der Waals surface area contributed by atoms with Gasteiger partial charge in [0.15, 0.2) is 6.04 Å². The fourth-order valence-electron chi connectivity index (χ4n) is 2.06. The third-order valence-corrected chi connectivity index (χ3v) is 3.39. The smallest absolute Gasteiger partial charge is 0.408 e. The molecule has 1 heterocycles. The topological polar surface area (TPSA) is 91.4 Å². The van der Waals surface area contributed by atoms with Crippen LogP contribution in [-0.2, 0) is 9.53 Å². The molecule has 0 radical (unpaired) electrons. The molecule has 7 heteroatoms. The summed E-state index contributed by atoms with van der Waals surface area (Å²) in [5, 5.41) is 12.5. The largest absolute Gasteiger partial charge is 0.479 e. The van der Waals surface area contributed by atoms with Crippen molar-refractivity contribution in [2.45, 2.75) is 32.4 Å². The quantitative estimate of drug-likeness (QED) is 0.771. The molecule has 22 heavy (non-hydrogen) atoms. The monoisotopic (exact) mass is 368 g/mol. The molecule has 1 amide bonds. The van der Waals surface area contributed by atoms with E-state index in [-0.39, 0.29) is 0 Å². The number of amides is 1. The molecule has 0 saturated carbocycles. The average molecular weight is 369 g/mol. The van der Waals surface area contributed by atoms with E-state index >= 15 is 0 Å². The zero-order valence-corrected chi connectivity index (χ0v) is 14.0. The number of carboxylic acids is 1. The van der Waals surface area contributed by atoms with Gasteiger partial charge in [0, 0.05) is 27.1 Å². The number of aliphatic carboxylic acids is 1. The first kappa shape index (κ1) is 16.4. The predicted molar refractivity (Wildman–Crippen MR) is 85.7 cm³/mol. The summed E-state index contributed by atoms with van der Waals surface area (Å²) in [6, 6.07) is 4.25. The number of rotatable bonds is 3. The highest BCUT2D eigenvalue weighted by atomic mass is 79.9. The van der Waals surface area contributed by atoms with Crippen molar-refractivity contribution in [2.24, 2.45) is 0 Å². The Kier molecular flexibility index (Phi) is 4.46. The molecule has 0 aliphatic heterocycles. The summed E-state index contributed by atoms with van der Waals surface area (Å²) < 4.78 is 5.99. The fourth-order valence-corrected chi connectivity index (χ4v) is 2.42. The molecule has 1 atom stereocenters. The molecule has 0 spiro atoms. The van der Waals surface area contributed by atoms with Gasteiger partial charge in [-0.2, -0.15) is 0 Å². The molecule has 0 fully saturated rings. The third kappa shape index (κ3) is 3.79. The number of aromatic amines is 1. The van der Waals surface area contributed by atoms with Crippen molar-refractivity contribution in [1.82, 2.24) is 10.3 Å². The number of H-pyrrole nitrogens is 1. The molecular weight excluding hydrogens is 352 g/mol. The van der Waals surface area contributed by atoms with E-state index in [1.165, 1.54) is 0 Å². The van der Waals surface area contributed by atoms with Crippen LogP contribution in [0.3, 0.4) is 0 Å². The van der Waals surface area contributed by atoms with Gasteiger partial charge in [-0.25, -0.2) is 9.59 Å². The maximum atomic E-state index is 11.8. The van der Waals surface area contributed by atoms with Gasteiger partial charge in [0.05, 0.1) is 0 Å². The summed E-state index contributed by atoms with van der Waals surface area (Å²) in [6.07, 6.45) is 0.805. The van der Waals surface area contributed by atoms with Gasteiger partial charge in [-0.3, -0.25) is 0 Å². The number of nitrogens with one attached hydrogen (secondary N) is 2. The van der Waals surface area contributed by atoms with Crippen LogP contribution in [0.1, 0.15) is 32.4 Å². The number of carbonyl (C=O) groups excluding carboxylic acids is 1. The second-order valence-electron chi connectivity index (χ2n) is 5.85. The van der Waals surface area contributed by atoms with E-state index in [1.807, 2.05) is 12.1 Å². The minimum atomic E-state index is -1.19. The first-order valence-electron chi connectivity index (χ1n) is 6.66. The average Bonchev–Trinajstić information content (AvgIpc) is 2.76. The highest BCUT2D eigenvalue weighted by Gasteiger charge is 2.27. The van der Waals surface area contributed by atoms with Crippen molar-refractivity contribution in [3.05, 3.63) is 34.4 Å². The number of halogens is 1. The van der Waals surface area contributed by atoms with Crippen LogP contribution >= 0.6 is 15.9 Å². The molecule has 0 bridgehead atoms. The van der Waals surface area contributed by atoms with E-state index in [2.05, 4.69) is 26.2 Å². The van der Waals surface area contributed by atoms with Crippen molar-refractivity contribution in [3.8, 4) is 0 Å². The van der Waals surface area contributed by atoms with Gasteiger partial charge in [0.1, 0.15) is 5.60 Å². The molecule has 2 rings (SSSR count). The fraction of sp³-hybridized carbons (Fsp3) is 0.333. The van der Waals surface area contributed by atoms with Crippen molar-refractivity contribution < 1.29 is 19.4 Å². The molecule has 1 aromatic heterocycles. The Bertz CT molecular complexity index is 718. The number of carbonyl (C=O) groups is 2. The van der Waals surface area contributed by atoms with Gasteiger partial charge in [0.2, 0.25) is 0 Å². The number of aromatic nitrogens is 1. The zero-order valence-electron chi connectivity index (χ0n) is 12.4. The maximum absolute atomic E-state index is 11.8. The van der Waals surface area contributed by atoms with E-state index < -0.39 is 23.7 Å². The zero-order chi connectivity index (χ0) is 16.5. The van der Waals surface area contributed by atoms with Crippen molar-refractivity contribution >= 4 is 38.9 Å². The van der Waals surface area contributed by atoms with Crippen LogP contribution in [0.5, 0.6) is 0 Å². The van der Waals surface area contributed by atoms with Gasteiger partial charge >= 0.3 is 12.1 Å². The summed E-state index contributed by atoms with van der Waals surface area (Å²) in [5.74, 6) is -1.16. The Morgan fingerprint density at radius 1 is 1.36 bits per heavy atom. The Balaban J connectivity index is 2.31. The second kappa shape index (κ2) is 6.00. The van der Waals surface area contributed by atoms with Gasteiger partial charge in [-0.1, -0.05) is 22.0 Å². The molecule has 6 nitrogen and oxygen atoms in total. The number of hydrogen-bond acceptors (Lipinski definition) is 3. The lowest BCUT2D eigenvalue weighted by molar-refractivity contribution is -0.139. The van der Waals surface area contributed by atoms with Gasteiger partial charge in [-0.05, 0) is 32.9 Å². The SMILES string of the molecule is CC(C)(C)OC(=O)NC(C(=O)O)c1c[nH]c2cc(Br)ccc12. The molecule has 118 valence electrons. The van der Waals surface area contributed by atoms with Crippen LogP contribution in [0.15, 0.2) is 28.9 Å². The minimum absolute atomic E-state index is 0.473. The van der Waals surface area contributed by atoms with Gasteiger partial charge in [0.25, 0.3) is 0 Å². The Morgan fingerprint density at radius 3 is 2.64 bits per heavy atom. The number of benzene rings is 1. The van der Waals surface area contributed by atoms with Crippen LogP contribution in [-0.4, -0.2) is 27.8 Å². The first-order valence-corrected chi connectivity index (χ1v) is 7.45. The molecule has 0 saturated heterocycles. The van der Waals surface area contributed by atoms with E-state index in [4.69, 9.17) is 4.74 Å². The van der Waals surface area contributed by atoms with Gasteiger partial charge < -0.3 is 20.1 Å². The summed E-state index contributed by atoms with van der Waals surface area (Å²) in [6.45, 7) is 5.14. The van der Waals surface area contributed by atoms with Crippen LogP contribution < -0.4 is 5.32 Å². The van der Waals surface area contributed by atoms with Crippen LogP contribution in [0, 0.1) is 0 Å². The number of fused-ring (bicyclic) bond motifs is 1. The summed E-state index contributed by atoms with van der Waals surface area (Å²) in [5.41, 5.74) is 0.556. The Morgan fingerprint density at radius 2 is 2.05 bits per heavy atom. The molecule has 3 N–H and O–H groups in total.